The highest BCUT2D eigenvalue weighted by Gasteiger charge is 2.20. The molecule has 25 heavy (non-hydrogen) atoms. The van der Waals surface area contributed by atoms with Crippen LogP contribution < -0.4 is 9.64 Å². The standard InChI is InChI=1S/C20H20N4O/c1-14-4-3-8-21-20(14)24-9-7-18-17(13-24)10-16(12-22-18)15-5-6-19(25-2)23-11-15/h3-6,8,10-12H,7,9,13H2,1-2H3. The lowest BCUT2D eigenvalue weighted by molar-refractivity contribution is 0.398. The third-order valence-corrected chi connectivity index (χ3v) is 4.60. The number of pyridine rings is 3. The smallest absolute Gasteiger partial charge is 0.212 e. The second-order valence-electron chi connectivity index (χ2n) is 6.23. The van der Waals surface area contributed by atoms with Crippen molar-refractivity contribution >= 4 is 5.82 Å². The number of rotatable bonds is 3. The number of hydrogen-bond donors (Lipinski definition) is 0. The largest absolute Gasteiger partial charge is 0.481 e. The zero-order valence-electron chi connectivity index (χ0n) is 14.4. The molecule has 3 aromatic rings. The van der Waals surface area contributed by atoms with Gasteiger partial charge in [-0.25, -0.2) is 9.97 Å². The number of hydrogen-bond acceptors (Lipinski definition) is 5. The van der Waals surface area contributed by atoms with Crippen LogP contribution in [0.25, 0.3) is 11.1 Å². The van der Waals surface area contributed by atoms with Crippen molar-refractivity contribution in [3.05, 3.63) is 65.7 Å². The van der Waals surface area contributed by atoms with Crippen LogP contribution in [0.1, 0.15) is 16.8 Å². The van der Waals surface area contributed by atoms with Gasteiger partial charge in [-0.1, -0.05) is 6.07 Å². The molecule has 1 aliphatic heterocycles. The third-order valence-electron chi connectivity index (χ3n) is 4.60. The summed E-state index contributed by atoms with van der Waals surface area (Å²) in [6.45, 7) is 3.88. The summed E-state index contributed by atoms with van der Waals surface area (Å²) >= 11 is 0. The first kappa shape index (κ1) is 15.6. The van der Waals surface area contributed by atoms with E-state index in [0.717, 1.165) is 36.5 Å². The molecule has 0 bridgehead atoms. The van der Waals surface area contributed by atoms with Gasteiger partial charge in [0, 0.05) is 61.0 Å². The van der Waals surface area contributed by atoms with Gasteiger partial charge in [-0.05, 0) is 36.2 Å². The highest BCUT2D eigenvalue weighted by Crippen LogP contribution is 2.28. The zero-order valence-corrected chi connectivity index (χ0v) is 14.4. The van der Waals surface area contributed by atoms with Gasteiger partial charge >= 0.3 is 0 Å². The van der Waals surface area contributed by atoms with Gasteiger partial charge in [0.1, 0.15) is 5.82 Å². The average Bonchev–Trinajstić information content (AvgIpc) is 2.67. The summed E-state index contributed by atoms with van der Waals surface area (Å²) in [5.41, 5.74) is 5.75. The van der Waals surface area contributed by atoms with Crippen molar-refractivity contribution in [1.82, 2.24) is 15.0 Å². The predicted octanol–water partition coefficient (Wildman–Crippen LogP) is 3.42. The average molecular weight is 332 g/mol. The molecule has 0 N–H and O–H groups in total. The number of aryl methyl sites for hydroxylation is 1. The van der Waals surface area contributed by atoms with Gasteiger partial charge in [-0.3, -0.25) is 4.98 Å². The fraction of sp³-hybridized carbons (Fsp3) is 0.250. The highest BCUT2D eigenvalue weighted by atomic mass is 16.5. The maximum absolute atomic E-state index is 5.13. The minimum absolute atomic E-state index is 0.617. The molecule has 3 aromatic heterocycles. The monoisotopic (exact) mass is 332 g/mol. The molecule has 0 aliphatic carbocycles. The van der Waals surface area contributed by atoms with E-state index in [1.807, 2.05) is 36.8 Å². The molecule has 1 aliphatic rings. The van der Waals surface area contributed by atoms with Crippen LogP contribution >= 0.6 is 0 Å². The Hall–Kier alpha value is -2.95. The van der Waals surface area contributed by atoms with Crippen LogP contribution in [0.15, 0.2) is 48.9 Å². The van der Waals surface area contributed by atoms with Crippen LogP contribution in [0.2, 0.25) is 0 Å². The van der Waals surface area contributed by atoms with Crippen LogP contribution in [-0.4, -0.2) is 28.6 Å². The van der Waals surface area contributed by atoms with Crippen molar-refractivity contribution in [1.29, 1.82) is 0 Å². The summed E-state index contributed by atoms with van der Waals surface area (Å²) in [6.07, 6.45) is 6.55. The van der Waals surface area contributed by atoms with Crippen molar-refractivity contribution in [2.75, 3.05) is 18.6 Å². The molecule has 0 spiro atoms. The molecule has 126 valence electrons. The Morgan fingerprint density at radius 2 is 1.92 bits per heavy atom. The fourth-order valence-corrected chi connectivity index (χ4v) is 3.25. The molecule has 5 nitrogen and oxygen atoms in total. The Morgan fingerprint density at radius 3 is 2.68 bits per heavy atom. The fourth-order valence-electron chi connectivity index (χ4n) is 3.25. The minimum Gasteiger partial charge on any atom is -0.481 e. The lowest BCUT2D eigenvalue weighted by Gasteiger charge is -2.30. The molecule has 4 rings (SSSR count). The summed E-state index contributed by atoms with van der Waals surface area (Å²) < 4.78 is 5.13. The summed E-state index contributed by atoms with van der Waals surface area (Å²) in [5, 5.41) is 0. The Bertz CT molecular complexity index is 892. The summed E-state index contributed by atoms with van der Waals surface area (Å²) in [4.78, 5) is 15.9. The molecule has 0 aromatic carbocycles. The number of nitrogens with zero attached hydrogens (tertiary/aromatic N) is 4. The van der Waals surface area contributed by atoms with E-state index in [0.29, 0.717) is 5.88 Å². The van der Waals surface area contributed by atoms with Crippen molar-refractivity contribution in [2.24, 2.45) is 0 Å². The molecule has 0 saturated heterocycles. The normalized spacial score (nSPS) is 13.4. The first-order valence-corrected chi connectivity index (χ1v) is 8.39. The first-order valence-electron chi connectivity index (χ1n) is 8.39. The van der Waals surface area contributed by atoms with Crippen molar-refractivity contribution in [3.8, 4) is 17.0 Å². The van der Waals surface area contributed by atoms with Crippen molar-refractivity contribution in [3.63, 3.8) is 0 Å². The van der Waals surface area contributed by atoms with E-state index in [2.05, 4.69) is 38.9 Å². The predicted molar refractivity (Wildman–Crippen MR) is 97.7 cm³/mol. The lowest BCUT2D eigenvalue weighted by Crippen LogP contribution is -2.32. The molecule has 0 fully saturated rings. The zero-order chi connectivity index (χ0) is 17.2. The van der Waals surface area contributed by atoms with E-state index in [-0.39, 0.29) is 0 Å². The Morgan fingerprint density at radius 1 is 1.04 bits per heavy atom. The van der Waals surface area contributed by atoms with E-state index in [4.69, 9.17) is 4.74 Å². The molecular weight excluding hydrogens is 312 g/mol. The van der Waals surface area contributed by atoms with Crippen LogP contribution in [0.3, 0.4) is 0 Å². The Kier molecular flexibility index (Phi) is 4.06. The second kappa shape index (κ2) is 6.51. The van der Waals surface area contributed by atoms with Crippen LogP contribution in [0.5, 0.6) is 5.88 Å². The van der Waals surface area contributed by atoms with E-state index >= 15 is 0 Å². The Labute approximate surface area is 147 Å². The van der Waals surface area contributed by atoms with E-state index < -0.39 is 0 Å². The van der Waals surface area contributed by atoms with Gasteiger partial charge in [0.2, 0.25) is 5.88 Å². The van der Waals surface area contributed by atoms with Crippen LogP contribution in [-0.2, 0) is 13.0 Å². The SMILES string of the molecule is COc1ccc(-c2cnc3c(c2)CN(c2ncccc2C)CC3)cn1. The van der Waals surface area contributed by atoms with Crippen molar-refractivity contribution in [2.45, 2.75) is 19.9 Å². The summed E-state index contributed by atoms with van der Waals surface area (Å²) in [5.74, 6) is 1.68. The molecule has 0 unspecified atom stereocenters. The molecule has 0 amide bonds. The number of ether oxygens (including phenoxy) is 1. The molecular formula is C20H20N4O. The van der Waals surface area contributed by atoms with Gasteiger partial charge in [0.25, 0.3) is 0 Å². The van der Waals surface area contributed by atoms with Gasteiger partial charge in [0.15, 0.2) is 0 Å². The molecule has 0 saturated carbocycles. The van der Waals surface area contributed by atoms with Gasteiger partial charge in [0.05, 0.1) is 7.11 Å². The first-order chi connectivity index (χ1) is 12.2. The molecule has 5 heteroatoms. The third kappa shape index (κ3) is 3.05. The second-order valence-corrected chi connectivity index (χ2v) is 6.23. The van der Waals surface area contributed by atoms with E-state index in [1.165, 1.54) is 16.8 Å². The molecule has 4 heterocycles. The van der Waals surface area contributed by atoms with Crippen LogP contribution in [0, 0.1) is 6.92 Å². The van der Waals surface area contributed by atoms with Gasteiger partial charge < -0.3 is 9.64 Å². The summed E-state index contributed by atoms with van der Waals surface area (Å²) in [7, 11) is 1.62. The maximum atomic E-state index is 5.13. The number of aromatic nitrogens is 3. The minimum atomic E-state index is 0.617. The summed E-state index contributed by atoms with van der Waals surface area (Å²) in [6, 6.07) is 10.2. The topological polar surface area (TPSA) is 51.1 Å². The molecule has 0 atom stereocenters. The van der Waals surface area contributed by atoms with Gasteiger partial charge in [-0.2, -0.15) is 0 Å². The lowest BCUT2D eigenvalue weighted by atomic mass is 10.0. The van der Waals surface area contributed by atoms with E-state index in [1.54, 1.807) is 7.11 Å². The number of methoxy groups -OCH3 is 1. The quantitative estimate of drug-likeness (QED) is 0.735. The number of anilines is 1. The number of fused-ring (bicyclic) bond motifs is 1. The highest BCUT2D eigenvalue weighted by molar-refractivity contribution is 5.63. The maximum Gasteiger partial charge on any atom is 0.212 e. The molecule has 0 radical (unpaired) electrons. The Balaban J connectivity index is 1.64. The van der Waals surface area contributed by atoms with Gasteiger partial charge in [-0.15, -0.1) is 0 Å². The van der Waals surface area contributed by atoms with E-state index in [9.17, 15) is 0 Å². The van der Waals surface area contributed by atoms with Crippen LogP contribution in [0.4, 0.5) is 5.82 Å². The van der Waals surface area contributed by atoms with Crippen molar-refractivity contribution < 1.29 is 4.74 Å².